The highest BCUT2D eigenvalue weighted by Crippen LogP contribution is 2.26. The first-order chi connectivity index (χ1) is 15.4. The fourth-order valence-electron chi connectivity index (χ4n) is 4.02. The lowest BCUT2D eigenvalue weighted by molar-refractivity contribution is -0.126. The van der Waals surface area contributed by atoms with E-state index in [1.54, 1.807) is 50.6 Å². The standard InChI is InChI=1S/C24H31N3O5/c1-15-13-25-21(16(2)22(15)32-5)14-26-23(28)17-6-8-27(9-7-17)24(29)18-10-19(30-3)12-20(11-18)31-4/h10-13,17H,6-9,14H2,1-5H3,(H,26,28). The predicted octanol–water partition coefficient (Wildman–Crippen LogP) is 2.89. The van der Waals surface area contributed by atoms with Gasteiger partial charge in [-0.1, -0.05) is 0 Å². The van der Waals surface area contributed by atoms with Crippen LogP contribution in [0.2, 0.25) is 0 Å². The average molecular weight is 442 g/mol. The summed E-state index contributed by atoms with van der Waals surface area (Å²) in [5.41, 5.74) is 3.20. The molecule has 8 nitrogen and oxygen atoms in total. The van der Waals surface area contributed by atoms with E-state index >= 15 is 0 Å². The fraction of sp³-hybridized carbons (Fsp3) is 0.458. The monoisotopic (exact) mass is 441 g/mol. The molecule has 1 saturated heterocycles. The molecule has 0 bridgehead atoms. The van der Waals surface area contributed by atoms with Crippen LogP contribution in [0.5, 0.6) is 17.2 Å². The van der Waals surface area contributed by atoms with Crippen LogP contribution in [0.15, 0.2) is 24.4 Å². The van der Waals surface area contributed by atoms with Gasteiger partial charge in [0, 0.05) is 48.0 Å². The van der Waals surface area contributed by atoms with Crippen LogP contribution in [-0.2, 0) is 11.3 Å². The van der Waals surface area contributed by atoms with Crippen LogP contribution in [0.3, 0.4) is 0 Å². The van der Waals surface area contributed by atoms with Crippen LogP contribution >= 0.6 is 0 Å². The summed E-state index contributed by atoms with van der Waals surface area (Å²) in [5.74, 6) is 1.70. The molecular formula is C24H31N3O5. The summed E-state index contributed by atoms with van der Waals surface area (Å²) in [5, 5.41) is 2.99. The number of nitrogens with zero attached hydrogens (tertiary/aromatic N) is 2. The molecule has 8 heteroatoms. The van der Waals surface area contributed by atoms with E-state index in [9.17, 15) is 9.59 Å². The molecule has 32 heavy (non-hydrogen) atoms. The van der Waals surface area contributed by atoms with Crippen molar-refractivity contribution in [1.29, 1.82) is 0 Å². The van der Waals surface area contributed by atoms with E-state index in [2.05, 4.69) is 10.3 Å². The maximum absolute atomic E-state index is 12.9. The SMILES string of the molecule is COc1cc(OC)cc(C(=O)N2CCC(C(=O)NCc3ncc(C)c(OC)c3C)CC2)c1. The minimum absolute atomic E-state index is 0.0131. The minimum Gasteiger partial charge on any atom is -0.497 e. The Morgan fingerprint density at radius 2 is 1.66 bits per heavy atom. The first-order valence-corrected chi connectivity index (χ1v) is 10.7. The highest BCUT2D eigenvalue weighted by atomic mass is 16.5. The Morgan fingerprint density at radius 3 is 2.22 bits per heavy atom. The molecule has 1 aliphatic heterocycles. The predicted molar refractivity (Wildman–Crippen MR) is 120 cm³/mol. The minimum atomic E-state index is -0.133. The third kappa shape index (κ3) is 5.12. The Balaban J connectivity index is 1.56. The van der Waals surface area contributed by atoms with E-state index < -0.39 is 0 Å². The number of carbonyl (C=O) groups excluding carboxylic acids is 2. The molecule has 0 spiro atoms. The number of pyridine rings is 1. The molecule has 0 aliphatic carbocycles. The molecule has 1 aliphatic rings. The largest absolute Gasteiger partial charge is 0.497 e. The van der Waals surface area contributed by atoms with Crippen molar-refractivity contribution >= 4 is 11.8 Å². The second-order valence-electron chi connectivity index (χ2n) is 7.93. The van der Waals surface area contributed by atoms with Crippen molar-refractivity contribution in [3.8, 4) is 17.2 Å². The molecule has 2 amide bonds. The normalized spacial score (nSPS) is 14.1. The van der Waals surface area contributed by atoms with E-state index in [-0.39, 0.29) is 17.7 Å². The van der Waals surface area contributed by atoms with Crippen molar-refractivity contribution in [2.45, 2.75) is 33.2 Å². The Labute approximate surface area is 188 Å². The molecule has 0 atom stereocenters. The van der Waals surface area contributed by atoms with Gasteiger partial charge in [0.2, 0.25) is 5.91 Å². The first kappa shape index (κ1) is 23.4. The number of hydrogen-bond donors (Lipinski definition) is 1. The Morgan fingerprint density at radius 1 is 1.03 bits per heavy atom. The van der Waals surface area contributed by atoms with E-state index in [1.807, 2.05) is 13.8 Å². The Hall–Kier alpha value is -3.29. The van der Waals surface area contributed by atoms with Gasteiger partial charge >= 0.3 is 0 Å². The zero-order valence-corrected chi connectivity index (χ0v) is 19.4. The maximum Gasteiger partial charge on any atom is 0.254 e. The number of hydrogen-bond acceptors (Lipinski definition) is 6. The summed E-state index contributed by atoms with van der Waals surface area (Å²) in [6.45, 7) is 5.28. The first-order valence-electron chi connectivity index (χ1n) is 10.7. The van der Waals surface area contributed by atoms with E-state index in [4.69, 9.17) is 14.2 Å². The van der Waals surface area contributed by atoms with Crippen LogP contribution in [0.4, 0.5) is 0 Å². The van der Waals surface area contributed by atoms with Crippen molar-refractivity contribution in [2.75, 3.05) is 34.4 Å². The lowest BCUT2D eigenvalue weighted by atomic mass is 9.95. The number of aromatic nitrogens is 1. The number of aryl methyl sites for hydroxylation is 1. The quantitative estimate of drug-likeness (QED) is 0.711. The van der Waals surface area contributed by atoms with Gasteiger partial charge in [0.15, 0.2) is 0 Å². The van der Waals surface area contributed by atoms with Crippen LogP contribution < -0.4 is 19.5 Å². The van der Waals surface area contributed by atoms with Crippen molar-refractivity contribution in [3.63, 3.8) is 0 Å². The van der Waals surface area contributed by atoms with Gasteiger partial charge in [-0.15, -0.1) is 0 Å². The number of carbonyl (C=O) groups is 2. The highest BCUT2D eigenvalue weighted by molar-refractivity contribution is 5.95. The molecule has 3 rings (SSSR count). The van der Waals surface area contributed by atoms with Gasteiger partial charge < -0.3 is 24.4 Å². The second-order valence-corrected chi connectivity index (χ2v) is 7.93. The van der Waals surface area contributed by atoms with Gasteiger partial charge in [0.1, 0.15) is 17.2 Å². The average Bonchev–Trinajstić information content (AvgIpc) is 2.82. The summed E-state index contributed by atoms with van der Waals surface area (Å²) >= 11 is 0. The van der Waals surface area contributed by atoms with Crippen LogP contribution in [0.1, 0.15) is 40.0 Å². The molecule has 0 saturated carbocycles. The van der Waals surface area contributed by atoms with Gasteiger partial charge in [0.05, 0.1) is 33.6 Å². The Bertz CT molecular complexity index is 962. The number of nitrogens with one attached hydrogen (secondary N) is 1. The van der Waals surface area contributed by atoms with Crippen LogP contribution in [0.25, 0.3) is 0 Å². The van der Waals surface area contributed by atoms with Gasteiger partial charge in [-0.2, -0.15) is 0 Å². The summed E-state index contributed by atoms with van der Waals surface area (Å²) in [4.78, 5) is 31.9. The summed E-state index contributed by atoms with van der Waals surface area (Å²) in [7, 11) is 4.74. The van der Waals surface area contributed by atoms with Crippen LogP contribution in [0, 0.1) is 19.8 Å². The number of rotatable bonds is 7. The molecule has 172 valence electrons. The van der Waals surface area contributed by atoms with Gasteiger partial charge in [-0.05, 0) is 38.8 Å². The second kappa shape index (κ2) is 10.3. The van der Waals surface area contributed by atoms with Crippen molar-refractivity contribution in [2.24, 2.45) is 5.92 Å². The molecule has 2 aromatic rings. The summed E-state index contributed by atoms with van der Waals surface area (Å²) in [6.07, 6.45) is 2.98. The zero-order valence-electron chi connectivity index (χ0n) is 19.4. The van der Waals surface area contributed by atoms with E-state index in [1.165, 1.54) is 0 Å². The lowest BCUT2D eigenvalue weighted by Gasteiger charge is -2.31. The lowest BCUT2D eigenvalue weighted by Crippen LogP contribution is -2.43. The molecule has 1 aromatic heterocycles. The highest BCUT2D eigenvalue weighted by Gasteiger charge is 2.28. The number of likely N-dealkylation sites (tertiary alicyclic amines) is 1. The van der Waals surface area contributed by atoms with Gasteiger partial charge in [-0.25, -0.2) is 0 Å². The van der Waals surface area contributed by atoms with E-state index in [0.717, 1.165) is 22.6 Å². The number of benzene rings is 1. The smallest absolute Gasteiger partial charge is 0.254 e. The third-order valence-electron chi connectivity index (χ3n) is 5.93. The third-order valence-corrected chi connectivity index (χ3v) is 5.93. The van der Waals surface area contributed by atoms with E-state index in [0.29, 0.717) is 49.5 Å². The maximum atomic E-state index is 12.9. The van der Waals surface area contributed by atoms with Crippen molar-refractivity contribution < 1.29 is 23.8 Å². The molecule has 1 fully saturated rings. The molecule has 2 heterocycles. The Kier molecular flexibility index (Phi) is 7.56. The number of ether oxygens (including phenoxy) is 3. The van der Waals surface area contributed by atoms with Crippen molar-refractivity contribution in [3.05, 3.63) is 46.8 Å². The number of methoxy groups -OCH3 is 3. The molecule has 0 unspecified atom stereocenters. The molecular weight excluding hydrogens is 410 g/mol. The topological polar surface area (TPSA) is 90.0 Å². The van der Waals surface area contributed by atoms with Crippen molar-refractivity contribution in [1.82, 2.24) is 15.2 Å². The summed E-state index contributed by atoms with van der Waals surface area (Å²) < 4.78 is 16.0. The molecule has 1 N–H and O–H groups in total. The summed E-state index contributed by atoms with van der Waals surface area (Å²) in [6, 6.07) is 5.14. The fourth-order valence-corrected chi connectivity index (χ4v) is 4.02. The van der Waals surface area contributed by atoms with Gasteiger partial charge in [0.25, 0.3) is 5.91 Å². The number of piperidine rings is 1. The molecule has 0 radical (unpaired) electrons. The number of amides is 2. The zero-order chi connectivity index (χ0) is 23.3. The molecule has 1 aromatic carbocycles. The van der Waals surface area contributed by atoms with Crippen LogP contribution in [-0.4, -0.2) is 56.1 Å². The van der Waals surface area contributed by atoms with Gasteiger partial charge in [-0.3, -0.25) is 14.6 Å².